The van der Waals surface area contributed by atoms with Gasteiger partial charge < -0.3 is 25.8 Å². The van der Waals surface area contributed by atoms with Crippen molar-refractivity contribution in [1.29, 1.82) is 0 Å². The third-order valence-corrected chi connectivity index (χ3v) is 2.53. The Balaban J connectivity index is 2.19. The number of ether oxygens (including phenoxy) is 1. The number of nitrogens with one attached hydrogen (secondary N) is 1. The molecule has 0 spiro atoms. The summed E-state index contributed by atoms with van der Waals surface area (Å²) in [5, 5.41) is 34.0. The zero-order valence-corrected chi connectivity index (χ0v) is 8.65. The molecule has 1 aliphatic rings. The number of nitrogens with zero attached hydrogens (tertiary/aromatic N) is 2. The summed E-state index contributed by atoms with van der Waals surface area (Å²) in [7, 11) is 0. The van der Waals surface area contributed by atoms with E-state index in [1.165, 1.54) is 0 Å². The Morgan fingerprint density at radius 2 is 2.18 bits per heavy atom. The average molecular weight is 244 g/mol. The maximum absolute atomic E-state index is 10.8. The molecular formula is C8H12N4O5. The van der Waals surface area contributed by atoms with Gasteiger partial charge in [0.05, 0.1) is 6.61 Å². The molecule has 9 nitrogen and oxygen atoms in total. The molecule has 9 heteroatoms. The summed E-state index contributed by atoms with van der Waals surface area (Å²) in [6.07, 6.45) is -4.38. The molecule has 2 rings (SSSR count). The van der Waals surface area contributed by atoms with Crippen molar-refractivity contribution in [2.75, 3.05) is 6.61 Å². The quantitative estimate of drug-likeness (QED) is 0.381. The smallest absolute Gasteiger partial charge is 0.288 e. The molecule has 1 amide bonds. The molecule has 0 bridgehead atoms. The van der Waals surface area contributed by atoms with Crippen molar-refractivity contribution in [1.82, 2.24) is 15.2 Å². The van der Waals surface area contributed by atoms with E-state index >= 15 is 0 Å². The molecule has 1 aromatic rings. The van der Waals surface area contributed by atoms with Crippen LogP contribution in [0.15, 0.2) is 0 Å². The Hall–Kier alpha value is -1.55. The summed E-state index contributed by atoms with van der Waals surface area (Å²) >= 11 is 0. The van der Waals surface area contributed by atoms with Gasteiger partial charge in [0.15, 0.2) is 5.82 Å². The lowest BCUT2D eigenvalue weighted by Gasteiger charge is -2.10. The highest BCUT2D eigenvalue weighted by molar-refractivity contribution is 5.88. The van der Waals surface area contributed by atoms with Crippen LogP contribution in [0.3, 0.4) is 0 Å². The summed E-state index contributed by atoms with van der Waals surface area (Å²) in [5.74, 6) is -0.988. The van der Waals surface area contributed by atoms with Crippen molar-refractivity contribution in [2.24, 2.45) is 5.73 Å². The zero-order valence-electron chi connectivity index (χ0n) is 8.65. The van der Waals surface area contributed by atoms with Crippen LogP contribution in [0.5, 0.6) is 0 Å². The van der Waals surface area contributed by atoms with E-state index in [4.69, 9.17) is 15.6 Å². The molecule has 0 saturated carbocycles. The number of H-pyrrole nitrogens is 1. The number of primary amides is 1. The van der Waals surface area contributed by atoms with Crippen LogP contribution in [0.25, 0.3) is 0 Å². The maximum Gasteiger partial charge on any atom is 0.288 e. The molecule has 94 valence electrons. The minimum atomic E-state index is -1.26. The molecular weight excluding hydrogens is 232 g/mol. The van der Waals surface area contributed by atoms with Crippen molar-refractivity contribution in [3.8, 4) is 0 Å². The predicted octanol–water partition coefficient (Wildman–Crippen LogP) is -2.94. The normalized spacial score (nSPS) is 32.9. The molecule has 17 heavy (non-hydrogen) atoms. The summed E-state index contributed by atoms with van der Waals surface area (Å²) in [6, 6.07) is 0. The Morgan fingerprint density at radius 1 is 1.47 bits per heavy atom. The number of aliphatic hydroxyl groups is 3. The molecule has 6 N–H and O–H groups in total. The van der Waals surface area contributed by atoms with Crippen LogP contribution < -0.4 is 5.73 Å². The molecule has 1 saturated heterocycles. The number of carbonyl (C=O) groups excluding carboxylic acids is 1. The highest BCUT2D eigenvalue weighted by Crippen LogP contribution is 2.31. The van der Waals surface area contributed by atoms with Gasteiger partial charge in [-0.05, 0) is 0 Å². The number of nitrogens with two attached hydrogens (primary N) is 1. The van der Waals surface area contributed by atoms with Crippen LogP contribution in [-0.4, -0.2) is 61.3 Å². The summed E-state index contributed by atoms with van der Waals surface area (Å²) in [4.78, 5) is 14.5. The van der Waals surface area contributed by atoms with Gasteiger partial charge >= 0.3 is 0 Å². The van der Waals surface area contributed by atoms with Crippen molar-refractivity contribution >= 4 is 5.91 Å². The molecule has 0 aromatic carbocycles. The van der Waals surface area contributed by atoms with Crippen LogP contribution in [0.2, 0.25) is 0 Å². The van der Waals surface area contributed by atoms with Crippen LogP contribution in [-0.2, 0) is 4.74 Å². The maximum atomic E-state index is 10.8. The van der Waals surface area contributed by atoms with Crippen molar-refractivity contribution in [3.63, 3.8) is 0 Å². The molecule has 0 radical (unpaired) electrons. The number of hydrogen-bond acceptors (Lipinski definition) is 7. The first-order valence-corrected chi connectivity index (χ1v) is 4.89. The molecule has 1 fully saturated rings. The second-order valence-corrected chi connectivity index (χ2v) is 3.67. The van der Waals surface area contributed by atoms with Gasteiger partial charge in [-0.25, -0.2) is 4.98 Å². The number of carbonyl (C=O) groups is 1. The predicted molar refractivity (Wildman–Crippen MR) is 51.6 cm³/mol. The number of rotatable bonds is 3. The minimum absolute atomic E-state index is 0.0706. The Kier molecular flexibility index (Phi) is 3.07. The first-order valence-electron chi connectivity index (χ1n) is 4.89. The lowest BCUT2D eigenvalue weighted by molar-refractivity contribution is -0.0252. The molecule has 4 atom stereocenters. The van der Waals surface area contributed by atoms with Crippen molar-refractivity contribution in [3.05, 3.63) is 11.6 Å². The van der Waals surface area contributed by atoms with Gasteiger partial charge in [0.1, 0.15) is 24.4 Å². The molecule has 2 heterocycles. The molecule has 1 aromatic heterocycles. The first-order chi connectivity index (χ1) is 8.04. The average Bonchev–Trinajstić information content (AvgIpc) is 2.87. The van der Waals surface area contributed by atoms with Crippen LogP contribution in [0, 0.1) is 0 Å². The lowest BCUT2D eigenvalue weighted by atomic mass is 10.1. The Bertz CT molecular complexity index is 422. The number of hydrogen-bond donors (Lipinski definition) is 5. The number of aliphatic hydroxyl groups excluding tert-OH is 3. The van der Waals surface area contributed by atoms with E-state index in [9.17, 15) is 15.0 Å². The fourth-order valence-electron chi connectivity index (χ4n) is 1.64. The Labute approximate surface area is 95.2 Å². The second kappa shape index (κ2) is 4.37. The van der Waals surface area contributed by atoms with E-state index in [1.807, 2.05) is 0 Å². The van der Waals surface area contributed by atoms with Gasteiger partial charge in [-0.15, -0.1) is 5.10 Å². The number of amides is 1. The molecule has 0 aliphatic carbocycles. The number of aromatic amines is 1. The zero-order chi connectivity index (χ0) is 12.6. The molecule has 0 unspecified atom stereocenters. The Morgan fingerprint density at radius 3 is 2.65 bits per heavy atom. The van der Waals surface area contributed by atoms with Crippen molar-refractivity contribution < 1.29 is 24.9 Å². The highest BCUT2D eigenvalue weighted by Gasteiger charge is 2.44. The van der Waals surface area contributed by atoms with E-state index in [0.717, 1.165) is 0 Å². The largest absolute Gasteiger partial charge is 0.394 e. The molecule has 1 aliphatic heterocycles. The van der Waals surface area contributed by atoms with Gasteiger partial charge in [-0.3, -0.25) is 9.89 Å². The van der Waals surface area contributed by atoms with Gasteiger partial charge in [0.25, 0.3) is 5.91 Å². The first kappa shape index (κ1) is 11.9. The monoisotopic (exact) mass is 244 g/mol. The van der Waals surface area contributed by atoms with Crippen LogP contribution in [0.1, 0.15) is 22.5 Å². The second-order valence-electron chi connectivity index (χ2n) is 3.67. The summed E-state index contributed by atoms with van der Waals surface area (Å²) in [6.45, 7) is -0.439. The highest BCUT2D eigenvalue weighted by atomic mass is 16.6. The van der Waals surface area contributed by atoms with Crippen molar-refractivity contribution in [2.45, 2.75) is 24.4 Å². The fourth-order valence-corrected chi connectivity index (χ4v) is 1.64. The van der Waals surface area contributed by atoms with Gasteiger partial charge in [-0.1, -0.05) is 0 Å². The standard InChI is InChI=1S/C8H12N4O5/c9-6(16)8-10-7(11-12-8)5-4(15)3(14)2(1-13)17-5/h2-5,13-15H,1H2,(H2,9,16)(H,10,11,12)/t2-,3+,4+,5-/m1/s1. The minimum Gasteiger partial charge on any atom is -0.394 e. The van der Waals surface area contributed by atoms with E-state index in [0.29, 0.717) is 0 Å². The van der Waals surface area contributed by atoms with E-state index in [1.54, 1.807) is 0 Å². The van der Waals surface area contributed by atoms with E-state index in [-0.39, 0.29) is 11.6 Å². The third kappa shape index (κ3) is 2.00. The van der Waals surface area contributed by atoms with E-state index in [2.05, 4.69) is 15.2 Å². The third-order valence-electron chi connectivity index (χ3n) is 2.53. The fraction of sp³-hybridized carbons (Fsp3) is 0.625. The van der Waals surface area contributed by atoms with Gasteiger partial charge in [0, 0.05) is 0 Å². The topological polar surface area (TPSA) is 155 Å². The van der Waals surface area contributed by atoms with Crippen LogP contribution >= 0.6 is 0 Å². The van der Waals surface area contributed by atoms with Crippen LogP contribution in [0.4, 0.5) is 0 Å². The SMILES string of the molecule is NC(=O)c1n[nH]c([C@@H]2O[C@H](CO)[C@H](O)[C@@H]2O)n1. The van der Waals surface area contributed by atoms with E-state index < -0.39 is 36.9 Å². The number of aromatic nitrogens is 3. The summed E-state index contributed by atoms with van der Waals surface area (Å²) in [5.41, 5.74) is 4.96. The van der Waals surface area contributed by atoms with Gasteiger partial charge in [-0.2, -0.15) is 0 Å². The lowest BCUT2D eigenvalue weighted by Crippen LogP contribution is -2.32. The summed E-state index contributed by atoms with van der Waals surface area (Å²) < 4.78 is 5.18. The van der Waals surface area contributed by atoms with Gasteiger partial charge in [0.2, 0.25) is 5.82 Å².